The molecule has 0 spiro atoms. The molecule has 0 aliphatic heterocycles. The lowest BCUT2D eigenvalue weighted by Crippen LogP contribution is -2.09. The molecule has 1 N–H and O–H groups in total. The number of aryl methyl sites for hydroxylation is 2. The van der Waals surface area contributed by atoms with Gasteiger partial charge in [-0.15, -0.1) is 21.5 Å². The SMILES string of the molecule is CCCCc1nnc(NC(=O)c2ccc(C)s2)s1. The second-order valence-corrected chi connectivity index (χ2v) is 6.32. The average Bonchev–Trinajstić information content (AvgIpc) is 2.96. The molecular formula is C12H15N3OS2. The minimum Gasteiger partial charge on any atom is -0.296 e. The van der Waals surface area contributed by atoms with Crippen molar-refractivity contribution in [1.29, 1.82) is 0 Å². The first-order valence-electron chi connectivity index (χ1n) is 5.89. The Balaban J connectivity index is 1.97. The van der Waals surface area contributed by atoms with Crippen LogP contribution in [0.3, 0.4) is 0 Å². The maximum absolute atomic E-state index is 11.9. The van der Waals surface area contributed by atoms with Crippen molar-refractivity contribution >= 4 is 33.7 Å². The Bertz CT molecular complexity index is 533. The van der Waals surface area contributed by atoms with E-state index in [1.165, 1.54) is 22.7 Å². The summed E-state index contributed by atoms with van der Waals surface area (Å²) in [6, 6.07) is 3.76. The van der Waals surface area contributed by atoms with Gasteiger partial charge in [0.15, 0.2) is 0 Å². The highest BCUT2D eigenvalue weighted by Crippen LogP contribution is 2.20. The number of thiophene rings is 1. The van der Waals surface area contributed by atoms with Crippen molar-refractivity contribution in [1.82, 2.24) is 10.2 Å². The second kappa shape index (κ2) is 6.06. The summed E-state index contributed by atoms with van der Waals surface area (Å²) >= 11 is 2.93. The van der Waals surface area contributed by atoms with Gasteiger partial charge in [-0.3, -0.25) is 10.1 Å². The number of aromatic nitrogens is 2. The van der Waals surface area contributed by atoms with E-state index in [0.717, 1.165) is 29.1 Å². The molecule has 2 rings (SSSR count). The zero-order chi connectivity index (χ0) is 13.0. The van der Waals surface area contributed by atoms with Crippen LogP contribution in [0.2, 0.25) is 0 Å². The monoisotopic (exact) mass is 281 g/mol. The smallest absolute Gasteiger partial charge is 0.267 e. The van der Waals surface area contributed by atoms with Crippen molar-refractivity contribution in [2.24, 2.45) is 0 Å². The number of nitrogens with zero attached hydrogens (tertiary/aromatic N) is 2. The Morgan fingerprint density at radius 3 is 2.83 bits per heavy atom. The van der Waals surface area contributed by atoms with Crippen LogP contribution in [0.1, 0.15) is 39.3 Å². The molecule has 0 bridgehead atoms. The van der Waals surface area contributed by atoms with Crippen LogP contribution in [0, 0.1) is 6.92 Å². The molecule has 2 aromatic rings. The van der Waals surface area contributed by atoms with Crippen LogP contribution in [0.4, 0.5) is 5.13 Å². The molecule has 0 aliphatic carbocycles. The quantitative estimate of drug-likeness (QED) is 0.912. The predicted octanol–water partition coefficient (Wildman–Crippen LogP) is 3.50. The molecule has 0 saturated heterocycles. The number of carbonyl (C=O) groups is 1. The number of hydrogen-bond donors (Lipinski definition) is 1. The fraction of sp³-hybridized carbons (Fsp3) is 0.417. The molecule has 0 radical (unpaired) electrons. The molecule has 0 saturated carbocycles. The van der Waals surface area contributed by atoms with Crippen LogP contribution < -0.4 is 5.32 Å². The molecule has 4 nitrogen and oxygen atoms in total. The average molecular weight is 281 g/mol. The largest absolute Gasteiger partial charge is 0.296 e. The minimum atomic E-state index is -0.105. The molecule has 2 aromatic heterocycles. The Morgan fingerprint density at radius 2 is 2.17 bits per heavy atom. The first-order valence-corrected chi connectivity index (χ1v) is 7.52. The minimum absolute atomic E-state index is 0.105. The highest BCUT2D eigenvalue weighted by molar-refractivity contribution is 7.16. The summed E-state index contributed by atoms with van der Waals surface area (Å²) in [4.78, 5) is 13.7. The number of amides is 1. The molecule has 0 aliphatic rings. The Kier molecular flexibility index (Phi) is 4.43. The van der Waals surface area contributed by atoms with Crippen LogP contribution >= 0.6 is 22.7 Å². The van der Waals surface area contributed by atoms with Crippen molar-refractivity contribution in [3.05, 3.63) is 26.9 Å². The van der Waals surface area contributed by atoms with E-state index in [1.54, 1.807) is 0 Å². The number of hydrogen-bond acceptors (Lipinski definition) is 5. The van der Waals surface area contributed by atoms with Gasteiger partial charge in [-0.05, 0) is 25.5 Å². The topological polar surface area (TPSA) is 54.9 Å². The van der Waals surface area contributed by atoms with Gasteiger partial charge in [-0.1, -0.05) is 24.7 Å². The van der Waals surface area contributed by atoms with E-state index in [4.69, 9.17) is 0 Å². The Hall–Kier alpha value is -1.27. The third-order valence-electron chi connectivity index (χ3n) is 2.40. The Morgan fingerprint density at radius 1 is 1.33 bits per heavy atom. The molecule has 6 heteroatoms. The van der Waals surface area contributed by atoms with Gasteiger partial charge in [0.1, 0.15) is 5.01 Å². The molecular weight excluding hydrogens is 266 g/mol. The lowest BCUT2D eigenvalue weighted by molar-refractivity contribution is 0.103. The fourth-order valence-corrected chi connectivity index (χ4v) is 2.99. The normalized spacial score (nSPS) is 10.6. The molecule has 0 aromatic carbocycles. The van der Waals surface area contributed by atoms with E-state index < -0.39 is 0 Å². The van der Waals surface area contributed by atoms with E-state index in [0.29, 0.717) is 10.0 Å². The number of anilines is 1. The summed E-state index contributed by atoms with van der Waals surface area (Å²) in [6.07, 6.45) is 3.17. The summed E-state index contributed by atoms with van der Waals surface area (Å²) in [5, 5.41) is 12.4. The van der Waals surface area contributed by atoms with E-state index in [9.17, 15) is 4.79 Å². The molecule has 0 atom stereocenters. The number of carbonyl (C=O) groups excluding carboxylic acids is 1. The van der Waals surface area contributed by atoms with Crippen LogP contribution in [0.25, 0.3) is 0 Å². The van der Waals surface area contributed by atoms with Crippen molar-refractivity contribution in [2.45, 2.75) is 33.1 Å². The van der Waals surface area contributed by atoms with Crippen molar-refractivity contribution in [2.75, 3.05) is 5.32 Å². The van der Waals surface area contributed by atoms with Crippen LogP contribution in [-0.2, 0) is 6.42 Å². The van der Waals surface area contributed by atoms with Crippen LogP contribution in [0.15, 0.2) is 12.1 Å². The lowest BCUT2D eigenvalue weighted by Gasteiger charge is -1.96. The molecule has 96 valence electrons. The van der Waals surface area contributed by atoms with Gasteiger partial charge in [0, 0.05) is 11.3 Å². The zero-order valence-electron chi connectivity index (χ0n) is 10.4. The fourth-order valence-electron chi connectivity index (χ4n) is 1.45. The van der Waals surface area contributed by atoms with Gasteiger partial charge in [-0.2, -0.15) is 0 Å². The zero-order valence-corrected chi connectivity index (χ0v) is 12.0. The third-order valence-corrected chi connectivity index (χ3v) is 4.29. The van der Waals surface area contributed by atoms with Crippen LogP contribution in [0.5, 0.6) is 0 Å². The van der Waals surface area contributed by atoms with E-state index in [1.807, 2.05) is 19.1 Å². The highest BCUT2D eigenvalue weighted by atomic mass is 32.1. The van der Waals surface area contributed by atoms with Gasteiger partial charge >= 0.3 is 0 Å². The molecule has 18 heavy (non-hydrogen) atoms. The molecule has 0 fully saturated rings. The van der Waals surface area contributed by atoms with Gasteiger partial charge in [0.05, 0.1) is 4.88 Å². The summed E-state index contributed by atoms with van der Waals surface area (Å²) in [5.41, 5.74) is 0. The predicted molar refractivity (Wildman–Crippen MR) is 75.5 cm³/mol. The van der Waals surface area contributed by atoms with Crippen LogP contribution in [-0.4, -0.2) is 16.1 Å². The number of rotatable bonds is 5. The van der Waals surface area contributed by atoms with Gasteiger partial charge in [0.25, 0.3) is 5.91 Å². The summed E-state index contributed by atoms with van der Waals surface area (Å²) in [5.74, 6) is -0.105. The number of nitrogens with one attached hydrogen (secondary N) is 1. The second-order valence-electron chi connectivity index (χ2n) is 3.97. The maximum atomic E-state index is 11.9. The van der Waals surface area contributed by atoms with Gasteiger partial charge < -0.3 is 0 Å². The van der Waals surface area contributed by atoms with E-state index in [-0.39, 0.29) is 5.91 Å². The first kappa shape index (κ1) is 13.2. The third kappa shape index (κ3) is 3.36. The lowest BCUT2D eigenvalue weighted by atomic mass is 10.3. The van der Waals surface area contributed by atoms with Crippen molar-refractivity contribution in [3.8, 4) is 0 Å². The van der Waals surface area contributed by atoms with E-state index in [2.05, 4.69) is 22.4 Å². The van der Waals surface area contributed by atoms with Gasteiger partial charge in [-0.25, -0.2) is 0 Å². The van der Waals surface area contributed by atoms with E-state index >= 15 is 0 Å². The number of unbranched alkanes of at least 4 members (excludes halogenated alkanes) is 1. The standard InChI is InChI=1S/C12H15N3OS2/c1-3-4-5-10-14-15-12(18-10)13-11(16)9-7-6-8(2)17-9/h6-7H,3-5H2,1-2H3,(H,13,15,16). The highest BCUT2D eigenvalue weighted by Gasteiger charge is 2.11. The maximum Gasteiger partial charge on any atom is 0.267 e. The summed E-state index contributed by atoms with van der Waals surface area (Å²) in [6.45, 7) is 4.12. The molecule has 2 heterocycles. The molecule has 1 amide bonds. The summed E-state index contributed by atoms with van der Waals surface area (Å²) < 4.78 is 0. The first-order chi connectivity index (χ1) is 8.69. The van der Waals surface area contributed by atoms with Crippen molar-refractivity contribution < 1.29 is 4.79 Å². The Labute approximate surface area is 114 Å². The van der Waals surface area contributed by atoms with Gasteiger partial charge in [0.2, 0.25) is 5.13 Å². The summed E-state index contributed by atoms with van der Waals surface area (Å²) in [7, 11) is 0. The van der Waals surface area contributed by atoms with Crippen molar-refractivity contribution in [3.63, 3.8) is 0 Å². The molecule has 0 unspecified atom stereocenters.